The molecule has 0 bridgehead atoms. The molecule has 0 saturated heterocycles. The zero-order valence-electron chi connectivity index (χ0n) is 19.0. The van der Waals surface area contributed by atoms with Gasteiger partial charge in [0.1, 0.15) is 5.82 Å². The van der Waals surface area contributed by atoms with Crippen LogP contribution in [0.4, 0.5) is 10.1 Å². The van der Waals surface area contributed by atoms with E-state index >= 15 is 0 Å². The topological polar surface area (TPSA) is 88.9 Å². The minimum absolute atomic E-state index is 0.00135. The number of aromatic nitrogens is 3. The van der Waals surface area contributed by atoms with Crippen LogP contribution < -0.4 is 10.6 Å². The van der Waals surface area contributed by atoms with Gasteiger partial charge in [-0.1, -0.05) is 53.2 Å². The van der Waals surface area contributed by atoms with E-state index in [4.69, 9.17) is 23.2 Å². The Bertz CT molecular complexity index is 1430. The molecular formula is C25H20Cl2FN5O2S. The van der Waals surface area contributed by atoms with Crippen LogP contribution in [0.3, 0.4) is 0 Å². The van der Waals surface area contributed by atoms with Crippen molar-refractivity contribution in [3.8, 4) is 5.69 Å². The second kappa shape index (κ2) is 11.6. The molecule has 0 unspecified atom stereocenters. The van der Waals surface area contributed by atoms with Crippen LogP contribution in [0.1, 0.15) is 21.7 Å². The first kappa shape index (κ1) is 25.7. The first-order valence-corrected chi connectivity index (χ1v) is 12.5. The molecular weight excluding hydrogens is 524 g/mol. The van der Waals surface area contributed by atoms with Gasteiger partial charge in [0.2, 0.25) is 5.91 Å². The van der Waals surface area contributed by atoms with Crippen molar-refractivity contribution in [3.05, 3.63) is 99.5 Å². The monoisotopic (exact) mass is 543 g/mol. The number of amides is 2. The van der Waals surface area contributed by atoms with Crippen LogP contribution in [0.2, 0.25) is 10.0 Å². The normalized spacial score (nSPS) is 10.8. The molecule has 1 aromatic heterocycles. The number of aryl methyl sites for hydroxylation is 1. The minimum atomic E-state index is -0.510. The number of nitrogens with zero attached hydrogens (tertiary/aromatic N) is 3. The summed E-state index contributed by atoms with van der Waals surface area (Å²) in [6, 6.07) is 17.9. The third-order valence-electron chi connectivity index (χ3n) is 4.99. The molecule has 0 fully saturated rings. The largest absolute Gasteiger partial charge is 0.345 e. The smallest absolute Gasteiger partial charge is 0.251 e. The number of thioether (sulfide) groups is 1. The van der Waals surface area contributed by atoms with E-state index in [1.54, 1.807) is 22.8 Å². The fourth-order valence-corrected chi connectivity index (χ4v) is 4.40. The van der Waals surface area contributed by atoms with E-state index in [2.05, 4.69) is 20.8 Å². The van der Waals surface area contributed by atoms with Crippen molar-refractivity contribution in [2.45, 2.75) is 18.6 Å². The standard InChI is InChI=1S/C25H20Cl2FN5O2S/c1-15-4-2-7-18(10-15)30-23(34)14-36-25-32-31-22(33(25)19-8-9-20(26)21(27)12-19)13-29-24(35)16-5-3-6-17(28)11-16/h2-12H,13-14H2,1H3,(H,29,35)(H,30,34). The summed E-state index contributed by atoms with van der Waals surface area (Å²) in [5, 5.41) is 15.1. The van der Waals surface area contributed by atoms with E-state index in [9.17, 15) is 14.0 Å². The number of nitrogens with one attached hydrogen (secondary N) is 2. The number of carbonyl (C=O) groups excluding carboxylic acids is 2. The number of hydrogen-bond acceptors (Lipinski definition) is 5. The second-order valence-corrected chi connectivity index (χ2v) is 9.49. The van der Waals surface area contributed by atoms with Gasteiger partial charge < -0.3 is 10.6 Å². The van der Waals surface area contributed by atoms with Gasteiger partial charge in [-0.2, -0.15) is 0 Å². The van der Waals surface area contributed by atoms with Gasteiger partial charge in [0.25, 0.3) is 5.91 Å². The summed E-state index contributed by atoms with van der Waals surface area (Å²) in [5.41, 5.74) is 2.51. The lowest BCUT2D eigenvalue weighted by molar-refractivity contribution is -0.113. The highest BCUT2D eigenvalue weighted by molar-refractivity contribution is 7.99. The van der Waals surface area contributed by atoms with E-state index in [0.29, 0.717) is 32.4 Å². The lowest BCUT2D eigenvalue weighted by Gasteiger charge is -2.12. The lowest BCUT2D eigenvalue weighted by Crippen LogP contribution is -2.24. The van der Waals surface area contributed by atoms with Crippen LogP contribution in [0.15, 0.2) is 71.9 Å². The van der Waals surface area contributed by atoms with Crippen LogP contribution in [-0.2, 0) is 11.3 Å². The summed E-state index contributed by atoms with van der Waals surface area (Å²) in [6.45, 7) is 1.94. The molecule has 1 heterocycles. The Balaban J connectivity index is 1.53. The summed E-state index contributed by atoms with van der Waals surface area (Å²) < 4.78 is 15.2. The van der Waals surface area contributed by atoms with Gasteiger partial charge in [-0.05, 0) is 61.0 Å². The van der Waals surface area contributed by atoms with Crippen LogP contribution in [-0.4, -0.2) is 32.3 Å². The fraction of sp³-hybridized carbons (Fsp3) is 0.120. The van der Waals surface area contributed by atoms with Crippen molar-refractivity contribution in [2.75, 3.05) is 11.1 Å². The Morgan fingerprint density at radius 2 is 1.81 bits per heavy atom. The van der Waals surface area contributed by atoms with E-state index in [1.165, 1.54) is 30.0 Å². The summed E-state index contributed by atoms with van der Waals surface area (Å²) in [5.74, 6) is -0.729. The van der Waals surface area contributed by atoms with Crippen molar-refractivity contribution >= 4 is 52.5 Å². The van der Waals surface area contributed by atoms with Gasteiger partial charge in [0.15, 0.2) is 11.0 Å². The van der Waals surface area contributed by atoms with Gasteiger partial charge in [-0.3, -0.25) is 14.2 Å². The second-order valence-electron chi connectivity index (χ2n) is 7.73. The highest BCUT2D eigenvalue weighted by atomic mass is 35.5. The molecule has 0 saturated carbocycles. The Morgan fingerprint density at radius 1 is 1.00 bits per heavy atom. The maximum absolute atomic E-state index is 13.5. The third kappa shape index (κ3) is 6.42. The average molecular weight is 544 g/mol. The van der Waals surface area contributed by atoms with Gasteiger partial charge in [0.05, 0.1) is 28.0 Å². The Kier molecular flexibility index (Phi) is 8.25. The molecule has 7 nitrogen and oxygen atoms in total. The maximum atomic E-state index is 13.5. The number of halogens is 3. The SMILES string of the molecule is Cc1cccc(NC(=O)CSc2nnc(CNC(=O)c3cccc(F)c3)n2-c2ccc(Cl)c(Cl)c2)c1. The number of rotatable bonds is 8. The molecule has 0 aliphatic rings. The van der Waals surface area contributed by atoms with Crippen molar-refractivity contribution in [3.63, 3.8) is 0 Å². The molecule has 0 radical (unpaired) electrons. The third-order valence-corrected chi connectivity index (χ3v) is 6.66. The molecule has 0 aliphatic carbocycles. The molecule has 2 N–H and O–H groups in total. The first-order valence-electron chi connectivity index (χ1n) is 10.7. The Labute approximate surface area is 221 Å². The predicted octanol–water partition coefficient (Wildman–Crippen LogP) is 5.68. The summed E-state index contributed by atoms with van der Waals surface area (Å²) >= 11 is 13.5. The minimum Gasteiger partial charge on any atom is -0.345 e. The van der Waals surface area contributed by atoms with E-state index in [0.717, 1.165) is 11.6 Å². The molecule has 0 aliphatic heterocycles. The molecule has 36 heavy (non-hydrogen) atoms. The highest BCUT2D eigenvalue weighted by Gasteiger charge is 2.18. The summed E-state index contributed by atoms with van der Waals surface area (Å²) in [6.07, 6.45) is 0. The van der Waals surface area contributed by atoms with E-state index < -0.39 is 11.7 Å². The molecule has 3 aromatic carbocycles. The maximum Gasteiger partial charge on any atom is 0.251 e. The van der Waals surface area contributed by atoms with Crippen LogP contribution in [0.25, 0.3) is 5.69 Å². The first-order chi connectivity index (χ1) is 17.3. The quantitative estimate of drug-likeness (QED) is 0.279. The fourth-order valence-electron chi connectivity index (χ4n) is 3.33. The van der Waals surface area contributed by atoms with E-state index in [-0.39, 0.29) is 23.8 Å². The molecule has 0 atom stereocenters. The lowest BCUT2D eigenvalue weighted by atomic mass is 10.2. The van der Waals surface area contributed by atoms with Crippen LogP contribution in [0, 0.1) is 12.7 Å². The summed E-state index contributed by atoms with van der Waals surface area (Å²) in [4.78, 5) is 25.0. The van der Waals surface area contributed by atoms with Gasteiger partial charge in [-0.25, -0.2) is 4.39 Å². The molecule has 0 spiro atoms. The number of benzene rings is 3. The van der Waals surface area contributed by atoms with Gasteiger partial charge >= 0.3 is 0 Å². The highest BCUT2D eigenvalue weighted by Crippen LogP contribution is 2.28. The van der Waals surface area contributed by atoms with Crippen LogP contribution >= 0.6 is 35.0 Å². The molecule has 11 heteroatoms. The van der Waals surface area contributed by atoms with Crippen molar-refractivity contribution in [1.29, 1.82) is 0 Å². The van der Waals surface area contributed by atoms with Crippen molar-refractivity contribution in [1.82, 2.24) is 20.1 Å². The predicted molar refractivity (Wildman–Crippen MR) is 139 cm³/mol. The Morgan fingerprint density at radius 3 is 2.56 bits per heavy atom. The number of carbonyl (C=O) groups is 2. The zero-order valence-corrected chi connectivity index (χ0v) is 21.3. The van der Waals surface area contributed by atoms with Gasteiger partial charge in [0, 0.05) is 11.3 Å². The number of anilines is 1. The molecule has 4 rings (SSSR count). The molecule has 4 aromatic rings. The Hall–Kier alpha value is -3.40. The molecule has 184 valence electrons. The van der Waals surface area contributed by atoms with Crippen molar-refractivity contribution in [2.24, 2.45) is 0 Å². The number of hydrogen-bond donors (Lipinski definition) is 2. The molecule has 2 amide bonds. The average Bonchev–Trinajstić information content (AvgIpc) is 3.25. The van der Waals surface area contributed by atoms with Crippen LogP contribution in [0.5, 0.6) is 0 Å². The van der Waals surface area contributed by atoms with E-state index in [1.807, 2.05) is 31.2 Å². The summed E-state index contributed by atoms with van der Waals surface area (Å²) in [7, 11) is 0. The van der Waals surface area contributed by atoms with Gasteiger partial charge in [-0.15, -0.1) is 10.2 Å². The zero-order chi connectivity index (χ0) is 25.7. The van der Waals surface area contributed by atoms with Crippen molar-refractivity contribution < 1.29 is 14.0 Å².